The molecule has 7 nitrogen and oxygen atoms in total. The molecule has 186 valence electrons. The molecule has 3 rings (SSSR count). The van der Waals surface area contributed by atoms with Crippen molar-refractivity contribution >= 4 is 11.9 Å². The highest BCUT2D eigenvalue weighted by Gasteiger charge is 2.26. The highest BCUT2D eigenvalue weighted by molar-refractivity contribution is 5.90. The van der Waals surface area contributed by atoms with Gasteiger partial charge < -0.3 is 14.0 Å². The predicted molar refractivity (Wildman–Crippen MR) is 129 cm³/mol. The number of nitrogens with zero attached hydrogens (tertiary/aromatic N) is 2. The molecule has 1 aromatic heterocycles. The number of carbonyl (C=O) groups excluding carboxylic acids is 2. The molecule has 34 heavy (non-hydrogen) atoms. The van der Waals surface area contributed by atoms with Crippen LogP contribution in [0.4, 0.5) is 0 Å². The van der Waals surface area contributed by atoms with Gasteiger partial charge in [-0.1, -0.05) is 62.2 Å². The molecule has 1 aliphatic carbocycles. The van der Waals surface area contributed by atoms with Crippen LogP contribution in [0.15, 0.2) is 28.8 Å². The zero-order valence-electron chi connectivity index (χ0n) is 21.0. The number of rotatable bonds is 10. The molecule has 0 aliphatic heterocycles. The summed E-state index contributed by atoms with van der Waals surface area (Å²) in [4.78, 5) is 29.3. The molecule has 0 N–H and O–H groups in total. The van der Waals surface area contributed by atoms with Gasteiger partial charge in [0.2, 0.25) is 11.7 Å². The maximum atomic E-state index is 12.6. The van der Waals surface area contributed by atoms with Crippen molar-refractivity contribution in [1.29, 1.82) is 0 Å². The van der Waals surface area contributed by atoms with Gasteiger partial charge in [0.25, 0.3) is 0 Å². The van der Waals surface area contributed by atoms with Crippen LogP contribution in [0, 0.1) is 5.92 Å². The largest absolute Gasteiger partial charge is 0.462 e. The summed E-state index contributed by atoms with van der Waals surface area (Å²) in [6, 6.07) is 6.97. The van der Waals surface area contributed by atoms with Gasteiger partial charge in [0.15, 0.2) is 0 Å². The van der Waals surface area contributed by atoms with E-state index in [9.17, 15) is 9.59 Å². The van der Waals surface area contributed by atoms with E-state index in [1.54, 1.807) is 25.1 Å². The summed E-state index contributed by atoms with van der Waals surface area (Å²) in [7, 11) is 0. The second-order valence-electron chi connectivity index (χ2n) is 10.2. The summed E-state index contributed by atoms with van der Waals surface area (Å²) in [5, 5.41) is 4.14. The normalized spacial score (nSPS) is 15.6. The standard InChI is InChI=1S/C27H38N2O5/c1-5-32-26(31)22-16-10-14-20(17-22)24-28-25(34-29-24)21(18-23(30)33-27(2,3)4)15-9-13-19-11-7-6-8-12-19/h10,14,16-17,19,21H,5-9,11-13,15,18H2,1-4H3/t21-/m1/s1. The van der Waals surface area contributed by atoms with Gasteiger partial charge in [-0.05, 0) is 52.2 Å². The fraction of sp³-hybridized carbons (Fsp3) is 0.630. The molecular weight excluding hydrogens is 432 g/mol. The first-order valence-electron chi connectivity index (χ1n) is 12.6. The SMILES string of the molecule is CCOC(=O)c1cccc(-c2noc([C@H](CCCC3CCCCC3)CC(=O)OC(C)(C)C)n2)c1. The molecule has 0 saturated heterocycles. The summed E-state index contributed by atoms with van der Waals surface area (Å²) in [5.41, 5.74) is 0.555. The number of esters is 2. The quantitative estimate of drug-likeness (QED) is 0.367. The van der Waals surface area contributed by atoms with Crippen LogP contribution in [0.3, 0.4) is 0 Å². The zero-order valence-corrected chi connectivity index (χ0v) is 21.0. The van der Waals surface area contributed by atoms with Crippen LogP contribution in [0.5, 0.6) is 0 Å². The number of aromatic nitrogens is 2. The topological polar surface area (TPSA) is 91.5 Å². The fourth-order valence-electron chi connectivity index (χ4n) is 4.54. The van der Waals surface area contributed by atoms with Crippen molar-refractivity contribution < 1.29 is 23.6 Å². The van der Waals surface area contributed by atoms with Crippen molar-refractivity contribution in [2.24, 2.45) is 5.92 Å². The Labute approximate surface area is 202 Å². The molecule has 1 heterocycles. The molecule has 1 aliphatic rings. The van der Waals surface area contributed by atoms with E-state index in [-0.39, 0.29) is 18.3 Å². The van der Waals surface area contributed by atoms with E-state index in [4.69, 9.17) is 14.0 Å². The number of ether oxygens (including phenoxy) is 2. The van der Waals surface area contributed by atoms with Crippen molar-refractivity contribution in [2.75, 3.05) is 6.61 Å². The molecule has 1 fully saturated rings. The lowest BCUT2D eigenvalue weighted by Crippen LogP contribution is -2.25. The molecular formula is C27H38N2O5. The molecule has 0 radical (unpaired) electrons. The van der Waals surface area contributed by atoms with Gasteiger partial charge in [-0.25, -0.2) is 4.79 Å². The molecule has 1 aromatic carbocycles. The summed E-state index contributed by atoms with van der Waals surface area (Å²) in [6.07, 6.45) is 9.76. The van der Waals surface area contributed by atoms with E-state index in [0.29, 0.717) is 29.4 Å². The van der Waals surface area contributed by atoms with E-state index < -0.39 is 11.6 Å². The molecule has 1 saturated carbocycles. The first-order chi connectivity index (χ1) is 16.2. The highest BCUT2D eigenvalue weighted by Crippen LogP contribution is 2.32. The van der Waals surface area contributed by atoms with Crippen molar-refractivity contribution in [2.45, 2.75) is 97.0 Å². The molecule has 0 unspecified atom stereocenters. The third-order valence-electron chi connectivity index (χ3n) is 6.15. The van der Waals surface area contributed by atoms with Crippen LogP contribution in [-0.2, 0) is 14.3 Å². The number of carbonyl (C=O) groups is 2. The van der Waals surface area contributed by atoms with Crippen LogP contribution in [0.25, 0.3) is 11.4 Å². The molecule has 0 bridgehead atoms. The predicted octanol–water partition coefficient (Wildman–Crippen LogP) is 6.48. The Morgan fingerprint density at radius 3 is 2.65 bits per heavy atom. The van der Waals surface area contributed by atoms with E-state index >= 15 is 0 Å². The van der Waals surface area contributed by atoms with Crippen LogP contribution < -0.4 is 0 Å². The van der Waals surface area contributed by atoms with E-state index in [0.717, 1.165) is 25.2 Å². The van der Waals surface area contributed by atoms with E-state index in [1.807, 2.05) is 26.8 Å². The van der Waals surface area contributed by atoms with Gasteiger partial charge in [0, 0.05) is 11.5 Å². The molecule has 1 atom stereocenters. The van der Waals surface area contributed by atoms with Crippen molar-refractivity contribution in [3.8, 4) is 11.4 Å². The van der Waals surface area contributed by atoms with Gasteiger partial charge >= 0.3 is 11.9 Å². The monoisotopic (exact) mass is 470 g/mol. The van der Waals surface area contributed by atoms with Gasteiger partial charge in [0.1, 0.15) is 5.60 Å². The second kappa shape index (κ2) is 12.1. The minimum absolute atomic E-state index is 0.201. The first-order valence-corrected chi connectivity index (χ1v) is 12.6. The maximum Gasteiger partial charge on any atom is 0.338 e. The Bertz CT molecular complexity index is 940. The van der Waals surface area contributed by atoms with E-state index in [1.165, 1.54) is 32.1 Å². The van der Waals surface area contributed by atoms with Crippen molar-refractivity contribution in [1.82, 2.24) is 10.1 Å². The van der Waals surface area contributed by atoms with Crippen LogP contribution in [-0.4, -0.2) is 34.3 Å². The van der Waals surface area contributed by atoms with Crippen LogP contribution in [0.2, 0.25) is 0 Å². The van der Waals surface area contributed by atoms with Gasteiger partial charge in [0.05, 0.1) is 18.6 Å². The number of hydrogen-bond donors (Lipinski definition) is 0. The fourth-order valence-corrected chi connectivity index (χ4v) is 4.54. The zero-order chi connectivity index (χ0) is 24.6. The highest BCUT2D eigenvalue weighted by atomic mass is 16.6. The van der Waals surface area contributed by atoms with E-state index in [2.05, 4.69) is 10.1 Å². The lowest BCUT2D eigenvalue weighted by Gasteiger charge is -2.23. The van der Waals surface area contributed by atoms with Gasteiger partial charge in [-0.2, -0.15) is 4.98 Å². The Morgan fingerprint density at radius 2 is 1.94 bits per heavy atom. The Kier molecular flexibility index (Phi) is 9.25. The van der Waals surface area contributed by atoms with Crippen molar-refractivity contribution in [3.05, 3.63) is 35.7 Å². The van der Waals surface area contributed by atoms with Crippen LogP contribution >= 0.6 is 0 Å². The van der Waals surface area contributed by atoms with Crippen LogP contribution in [0.1, 0.15) is 108 Å². The summed E-state index contributed by atoms with van der Waals surface area (Å²) < 4.78 is 16.3. The number of hydrogen-bond acceptors (Lipinski definition) is 7. The Balaban J connectivity index is 1.72. The lowest BCUT2D eigenvalue weighted by atomic mass is 9.84. The molecule has 0 amide bonds. The molecule has 7 heteroatoms. The second-order valence-corrected chi connectivity index (χ2v) is 10.2. The lowest BCUT2D eigenvalue weighted by molar-refractivity contribution is -0.155. The average molecular weight is 471 g/mol. The average Bonchev–Trinajstić information content (AvgIpc) is 3.28. The van der Waals surface area contributed by atoms with Gasteiger partial charge in [-0.3, -0.25) is 4.79 Å². The first kappa shape index (κ1) is 25.9. The Hall–Kier alpha value is -2.70. The maximum absolute atomic E-state index is 12.6. The van der Waals surface area contributed by atoms with Crippen molar-refractivity contribution in [3.63, 3.8) is 0 Å². The summed E-state index contributed by atoms with van der Waals surface area (Å²) in [6.45, 7) is 7.67. The van der Waals surface area contributed by atoms with Gasteiger partial charge in [-0.15, -0.1) is 0 Å². The molecule has 2 aromatic rings. The Morgan fingerprint density at radius 1 is 1.18 bits per heavy atom. The minimum Gasteiger partial charge on any atom is -0.462 e. The summed E-state index contributed by atoms with van der Waals surface area (Å²) in [5.74, 6) is 0.749. The third-order valence-corrected chi connectivity index (χ3v) is 6.15. The molecule has 0 spiro atoms. The number of benzene rings is 1. The third kappa shape index (κ3) is 7.96. The summed E-state index contributed by atoms with van der Waals surface area (Å²) >= 11 is 0. The minimum atomic E-state index is -0.544. The smallest absolute Gasteiger partial charge is 0.338 e.